The molecule has 2 heterocycles. The summed E-state index contributed by atoms with van der Waals surface area (Å²) in [5.41, 5.74) is 4.57. The van der Waals surface area contributed by atoms with Crippen LogP contribution in [0.5, 0.6) is 0 Å². The lowest BCUT2D eigenvalue weighted by atomic mass is 10.0. The van der Waals surface area contributed by atoms with E-state index in [0.29, 0.717) is 16.1 Å². The standard InChI is InChI=1S/C25H22BrNO4S/c1-5-15-6-11-19-18(12-15)13(2)22(31-19)23(28)27-24-21(25(29)30-4)20(14(3)32-24)16-7-9-17(26)10-8-16/h6-12H,5H2,1-4H3,(H,27,28). The number of fused-ring (bicyclic) bond motifs is 1. The fourth-order valence-electron chi connectivity index (χ4n) is 3.76. The molecule has 0 radical (unpaired) electrons. The molecule has 0 bridgehead atoms. The molecule has 1 N–H and O–H groups in total. The van der Waals surface area contributed by atoms with Crippen LogP contribution in [0.3, 0.4) is 0 Å². The topological polar surface area (TPSA) is 68.5 Å². The number of nitrogens with one attached hydrogen (secondary N) is 1. The molecular weight excluding hydrogens is 490 g/mol. The van der Waals surface area contributed by atoms with Gasteiger partial charge in [-0.05, 0) is 55.7 Å². The summed E-state index contributed by atoms with van der Waals surface area (Å²) in [5, 5.41) is 4.24. The summed E-state index contributed by atoms with van der Waals surface area (Å²) in [6, 6.07) is 13.6. The second-order valence-electron chi connectivity index (χ2n) is 7.43. The highest BCUT2D eigenvalue weighted by atomic mass is 79.9. The number of furan rings is 1. The van der Waals surface area contributed by atoms with E-state index in [-0.39, 0.29) is 5.76 Å². The van der Waals surface area contributed by atoms with E-state index in [4.69, 9.17) is 9.15 Å². The molecule has 32 heavy (non-hydrogen) atoms. The molecule has 0 spiro atoms. The highest BCUT2D eigenvalue weighted by molar-refractivity contribution is 9.10. The van der Waals surface area contributed by atoms with E-state index in [1.807, 2.05) is 56.3 Å². The largest absolute Gasteiger partial charge is 0.465 e. The fourth-order valence-corrected chi connectivity index (χ4v) is 5.08. The Kier molecular flexibility index (Phi) is 6.22. The van der Waals surface area contributed by atoms with E-state index < -0.39 is 11.9 Å². The van der Waals surface area contributed by atoms with Gasteiger partial charge in [0.15, 0.2) is 5.76 Å². The van der Waals surface area contributed by atoms with Crippen molar-refractivity contribution in [3.05, 3.63) is 74.3 Å². The number of ether oxygens (including phenoxy) is 1. The van der Waals surface area contributed by atoms with Crippen LogP contribution in [0.4, 0.5) is 5.00 Å². The zero-order valence-corrected chi connectivity index (χ0v) is 20.6. The van der Waals surface area contributed by atoms with Crippen LogP contribution in [-0.4, -0.2) is 19.0 Å². The van der Waals surface area contributed by atoms with E-state index in [0.717, 1.165) is 37.8 Å². The number of esters is 1. The number of rotatable bonds is 5. The van der Waals surface area contributed by atoms with E-state index in [1.165, 1.54) is 24.0 Å². The van der Waals surface area contributed by atoms with Crippen molar-refractivity contribution in [2.75, 3.05) is 12.4 Å². The van der Waals surface area contributed by atoms with Gasteiger partial charge < -0.3 is 14.5 Å². The van der Waals surface area contributed by atoms with Crippen molar-refractivity contribution in [2.45, 2.75) is 27.2 Å². The van der Waals surface area contributed by atoms with Gasteiger partial charge in [0.05, 0.1) is 7.11 Å². The molecule has 0 atom stereocenters. The van der Waals surface area contributed by atoms with Gasteiger partial charge in [-0.3, -0.25) is 4.79 Å². The van der Waals surface area contributed by atoms with Crippen LogP contribution in [0.2, 0.25) is 0 Å². The van der Waals surface area contributed by atoms with Crippen molar-refractivity contribution in [3.63, 3.8) is 0 Å². The van der Waals surface area contributed by atoms with Gasteiger partial charge in [-0.25, -0.2) is 4.79 Å². The van der Waals surface area contributed by atoms with Gasteiger partial charge >= 0.3 is 5.97 Å². The number of halogens is 1. The Balaban J connectivity index is 1.76. The van der Waals surface area contributed by atoms with Gasteiger partial charge in [0, 0.05) is 25.9 Å². The summed E-state index contributed by atoms with van der Waals surface area (Å²) in [5.74, 6) is -0.665. The van der Waals surface area contributed by atoms with Gasteiger partial charge in [-0.2, -0.15) is 0 Å². The molecule has 0 aliphatic rings. The zero-order chi connectivity index (χ0) is 23.0. The summed E-state index contributed by atoms with van der Waals surface area (Å²) >= 11 is 4.77. The number of aryl methyl sites for hydroxylation is 3. The number of hydrogen-bond acceptors (Lipinski definition) is 5. The summed E-state index contributed by atoms with van der Waals surface area (Å²) in [7, 11) is 1.33. The first-order valence-electron chi connectivity index (χ1n) is 10.1. The Bertz CT molecular complexity index is 1330. The Hall–Kier alpha value is -2.90. The first kappa shape index (κ1) is 22.3. The van der Waals surface area contributed by atoms with Crippen molar-refractivity contribution in [2.24, 2.45) is 0 Å². The van der Waals surface area contributed by atoms with E-state index in [1.54, 1.807) is 0 Å². The van der Waals surface area contributed by atoms with E-state index in [2.05, 4.69) is 28.2 Å². The molecule has 1 amide bonds. The van der Waals surface area contributed by atoms with Crippen molar-refractivity contribution in [3.8, 4) is 11.1 Å². The Labute approximate surface area is 198 Å². The molecule has 0 aliphatic heterocycles. The summed E-state index contributed by atoms with van der Waals surface area (Å²) in [4.78, 5) is 26.8. The number of carbonyl (C=O) groups excluding carboxylic acids is 2. The monoisotopic (exact) mass is 511 g/mol. The van der Waals surface area contributed by atoms with E-state index in [9.17, 15) is 9.59 Å². The molecule has 0 fully saturated rings. The third-order valence-electron chi connectivity index (χ3n) is 5.45. The molecule has 4 rings (SSSR count). The number of thiophene rings is 1. The van der Waals surface area contributed by atoms with Crippen LogP contribution in [0.15, 0.2) is 51.4 Å². The maximum atomic E-state index is 13.2. The van der Waals surface area contributed by atoms with Gasteiger partial charge in [0.1, 0.15) is 16.1 Å². The lowest BCUT2D eigenvalue weighted by Crippen LogP contribution is -2.14. The Morgan fingerprint density at radius 2 is 1.84 bits per heavy atom. The predicted octanol–water partition coefficient (Wildman–Crippen LogP) is 7.14. The maximum Gasteiger partial charge on any atom is 0.341 e. The highest BCUT2D eigenvalue weighted by Crippen LogP contribution is 2.41. The molecule has 164 valence electrons. The van der Waals surface area contributed by atoms with Crippen LogP contribution >= 0.6 is 27.3 Å². The molecular formula is C25H22BrNO4S. The zero-order valence-electron chi connectivity index (χ0n) is 18.2. The van der Waals surface area contributed by atoms with Crippen LogP contribution in [0, 0.1) is 13.8 Å². The average Bonchev–Trinajstić information content (AvgIpc) is 3.29. The second kappa shape index (κ2) is 8.92. The molecule has 0 aliphatic carbocycles. The first-order chi connectivity index (χ1) is 15.3. The minimum atomic E-state index is -0.503. The first-order valence-corrected chi connectivity index (χ1v) is 11.8. The van der Waals surface area contributed by atoms with Crippen molar-refractivity contribution in [1.29, 1.82) is 0 Å². The molecule has 5 nitrogen and oxygen atoms in total. The minimum absolute atomic E-state index is 0.236. The van der Waals surface area contributed by atoms with Crippen LogP contribution < -0.4 is 5.32 Å². The second-order valence-corrected chi connectivity index (χ2v) is 9.57. The third kappa shape index (κ3) is 3.98. The number of carbonyl (C=O) groups is 2. The molecule has 0 saturated carbocycles. The van der Waals surface area contributed by atoms with Gasteiger partial charge in [-0.15, -0.1) is 11.3 Å². The highest BCUT2D eigenvalue weighted by Gasteiger charge is 2.27. The number of hydrogen-bond donors (Lipinski definition) is 1. The van der Waals surface area contributed by atoms with Crippen LogP contribution in [-0.2, 0) is 11.2 Å². The molecule has 0 unspecified atom stereocenters. The fraction of sp³-hybridized carbons (Fsp3) is 0.200. The molecule has 7 heteroatoms. The average molecular weight is 512 g/mol. The van der Waals surface area contributed by atoms with Gasteiger partial charge in [0.2, 0.25) is 0 Å². The SMILES string of the molecule is CCc1ccc2oc(C(=O)Nc3sc(C)c(-c4ccc(Br)cc4)c3C(=O)OC)c(C)c2c1. The quantitative estimate of drug-likeness (QED) is 0.289. The number of methoxy groups -OCH3 is 1. The molecule has 4 aromatic rings. The Morgan fingerprint density at radius 3 is 2.50 bits per heavy atom. The minimum Gasteiger partial charge on any atom is -0.465 e. The number of benzene rings is 2. The van der Waals surface area contributed by atoms with Crippen LogP contribution in [0.1, 0.15) is 43.8 Å². The Morgan fingerprint density at radius 1 is 1.12 bits per heavy atom. The summed E-state index contributed by atoms with van der Waals surface area (Å²) in [6.07, 6.45) is 0.901. The van der Waals surface area contributed by atoms with Crippen molar-refractivity contribution in [1.82, 2.24) is 0 Å². The third-order valence-corrected chi connectivity index (χ3v) is 7.00. The number of anilines is 1. The van der Waals surface area contributed by atoms with Gasteiger partial charge in [-0.1, -0.05) is 41.1 Å². The maximum absolute atomic E-state index is 13.2. The molecule has 2 aromatic heterocycles. The molecule has 2 aromatic carbocycles. The lowest BCUT2D eigenvalue weighted by molar-refractivity contribution is 0.0603. The van der Waals surface area contributed by atoms with Crippen LogP contribution in [0.25, 0.3) is 22.1 Å². The van der Waals surface area contributed by atoms with Crippen molar-refractivity contribution >= 4 is 55.1 Å². The molecule has 0 saturated heterocycles. The smallest absolute Gasteiger partial charge is 0.341 e. The predicted molar refractivity (Wildman–Crippen MR) is 132 cm³/mol. The van der Waals surface area contributed by atoms with Gasteiger partial charge in [0.25, 0.3) is 5.91 Å². The normalized spacial score (nSPS) is 11.0. The van der Waals surface area contributed by atoms with E-state index >= 15 is 0 Å². The number of amides is 1. The summed E-state index contributed by atoms with van der Waals surface area (Å²) < 4.78 is 11.8. The summed E-state index contributed by atoms with van der Waals surface area (Å²) in [6.45, 7) is 5.87. The lowest BCUT2D eigenvalue weighted by Gasteiger charge is -2.08. The van der Waals surface area contributed by atoms with Crippen molar-refractivity contribution < 1.29 is 18.7 Å².